The van der Waals surface area contributed by atoms with Gasteiger partial charge in [-0.15, -0.1) is 16.4 Å². The Hall–Kier alpha value is -1.83. The van der Waals surface area contributed by atoms with E-state index in [1.807, 2.05) is 27.7 Å². The summed E-state index contributed by atoms with van der Waals surface area (Å²) in [6.07, 6.45) is 1.05. The normalized spacial score (nSPS) is 11.8. The molecule has 0 saturated heterocycles. The SMILES string of the molecule is CCC(CC)(Cn1nnnc1-c1sc(C)nc1C)C(=O)O. The highest BCUT2D eigenvalue weighted by atomic mass is 32.1. The maximum atomic E-state index is 11.6. The van der Waals surface area contributed by atoms with Crippen LogP contribution in [0.25, 0.3) is 10.7 Å². The van der Waals surface area contributed by atoms with Crippen LogP contribution in [0.5, 0.6) is 0 Å². The molecule has 0 spiro atoms. The van der Waals surface area contributed by atoms with Gasteiger partial charge in [0.25, 0.3) is 0 Å². The maximum Gasteiger partial charge on any atom is 0.311 e. The highest BCUT2D eigenvalue weighted by molar-refractivity contribution is 7.15. The van der Waals surface area contributed by atoms with E-state index in [-0.39, 0.29) is 6.54 Å². The summed E-state index contributed by atoms with van der Waals surface area (Å²) in [5, 5.41) is 22.2. The second-order valence-electron chi connectivity index (χ2n) is 5.10. The van der Waals surface area contributed by atoms with Crippen molar-refractivity contribution in [1.82, 2.24) is 25.2 Å². The molecule has 0 unspecified atom stereocenters. The molecule has 1 N–H and O–H groups in total. The van der Waals surface area contributed by atoms with E-state index in [0.717, 1.165) is 15.6 Å². The third-order valence-corrected chi connectivity index (χ3v) is 4.97. The largest absolute Gasteiger partial charge is 0.481 e. The monoisotopic (exact) mass is 309 g/mol. The zero-order chi connectivity index (χ0) is 15.6. The van der Waals surface area contributed by atoms with Crippen molar-refractivity contribution in [2.24, 2.45) is 5.41 Å². The van der Waals surface area contributed by atoms with Gasteiger partial charge in [-0.3, -0.25) is 4.79 Å². The lowest BCUT2D eigenvalue weighted by molar-refractivity contribution is -0.150. The van der Waals surface area contributed by atoms with Gasteiger partial charge >= 0.3 is 5.97 Å². The minimum absolute atomic E-state index is 0.258. The lowest BCUT2D eigenvalue weighted by Crippen LogP contribution is -2.35. The lowest BCUT2D eigenvalue weighted by atomic mass is 9.82. The summed E-state index contributed by atoms with van der Waals surface area (Å²) in [4.78, 5) is 16.9. The minimum atomic E-state index is -0.849. The number of carboxylic acid groups (broad SMARTS) is 1. The van der Waals surface area contributed by atoms with Gasteiger partial charge in [0.15, 0.2) is 5.82 Å². The highest BCUT2D eigenvalue weighted by Gasteiger charge is 2.37. The van der Waals surface area contributed by atoms with Crippen LogP contribution >= 0.6 is 11.3 Å². The molecule has 0 atom stereocenters. The first-order chi connectivity index (χ1) is 9.93. The molecular weight excluding hydrogens is 290 g/mol. The molecule has 2 rings (SSSR count). The first kappa shape index (κ1) is 15.6. The predicted molar refractivity (Wildman–Crippen MR) is 79.0 cm³/mol. The number of hydrogen-bond donors (Lipinski definition) is 1. The standard InChI is InChI=1S/C13H19N5O2S/c1-5-13(6-2,12(19)20)7-18-11(15-16-17-18)10-8(3)14-9(4)21-10/h5-7H2,1-4H3,(H,19,20). The Balaban J connectivity index is 2.41. The number of carboxylic acids is 1. The fourth-order valence-corrected chi connectivity index (χ4v) is 3.25. The molecule has 0 aliphatic rings. The van der Waals surface area contributed by atoms with Crippen molar-refractivity contribution >= 4 is 17.3 Å². The smallest absolute Gasteiger partial charge is 0.311 e. The van der Waals surface area contributed by atoms with Gasteiger partial charge in [0.2, 0.25) is 0 Å². The first-order valence-corrected chi connectivity index (χ1v) is 7.69. The van der Waals surface area contributed by atoms with E-state index in [4.69, 9.17) is 0 Å². The number of thiazole rings is 1. The van der Waals surface area contributed by atoms with Crippen molar-refractivity contribution in [3.8, 4) is 10.7 Å². The molecule has 2 heterocycles. The number of nitrogens with zero attached hydrogens (tertiary/aromatic N) is 5. The van der Waals surface area contributed by atoms with Gasteiger partial charge in [0.1, 0.15) is 0 Å². The topological polar surface area (TPSA) is 93.8 Å². The van der Waals surface area contributed by atoms with E-state index in [0.29, 0.717) is 18.7 Å². The van der Waals surface area contributed by atoms with Crippen LogP contribution in [0.15, 0.2) is 0 Å². The molecule has 0 aliphatic heterocycles. The molecule has 0 saturated carbocycles. The van der Waals surface area contributed by atoms with Crippen molar-refractivity contribution in [2.75, 3.05) is 0 Å². The summed E-state index contributed by atoms with van der Waals surface area (Å²) in [5.74, 6) is -0.225. The van der Waals surface area contributed by atoms with Crippen LogP contribution < -0.4 is 0 Å². The number of tetrazole rings is 1. The quantitative estimate of drug-likeness (QED) is 0.880. The number of aromatic nitrogens is 5. The Morgan fingerprint density at radius 3 is 2.48 bits per heavy atom. The molecular formula is C13H19N5O2S. The van der Waals surface area contributed by atoms with Crippen molar-refractivity contribution in [3.63, 3.8) is 0 Å². The van der Waals surface area contributed by atoms with Gasteiger partial charge < -0.3 is 5.11 Å². The van der Waals surface area contributed by atoms with Gasteiger partial charge in [0.05, 0.1) is 27.5 Å². The molecule has 0 amide bonds. The molecule has 7 nitrogen and oxygen atoms in total. The van der Waals surface area contributed by atoms with Crippen LogP contribution in [0.1, 0.15) is 37.4 Å². The average molecular weight is 309 g/mol. The first-order valence-electron chi connectivity index (χ1n) is 6.87. The molecule has 2 aromatic rings. The highest BCUT2D eigenvalue weighted by Crippen LogP contribution is 2.32. The maximum absolute atomic E-state index is 11.6. The fraction of sp³-hybridized carbons (Fsp3) is 0.615. The molecule has 0 fully saturated rings. The molecule has 21 heavy (non-hydrogen) atoms. The Kier molecular flexibility index (Phi) is 4.36. The zero-order valence-corrected chi connectivity index (χ0v) is 13.4. The van der Waals surface area contributed by atoms with Gasteiger partial charge in [-0.05, 0) is 37.1 Å². The van der Waals surface area contributed by atoms with Crippen molar-refractivity contribution < 1.29 is 9.90 Å². The number of aryl methyl sites for hydroxylation is 2. The Bertz CT molecular complexity index is 645. The Morgan fingerprint density at radius 1 is 1.33 bits per heavy atom. The molecule has 0 radical (unpaired) electrons. The second-order valence-corrected chi connectivity index (χ2v) is 6.30. The van der Waals surface area contributed by atoms with Gasteiger partial charge in [-0.2, -0.15) is 0 Å². The predicted octanol–water partition coefficient (Wildman–Crippen LogP) is 2.30. The number of rotatable bonds is 6. The second kappa shape index (κ2) is 5.88. The van der Waals surface area contributed by atoms with E-state index in [1.54, 1.807) is 4.68 Å². The van der Waals surface area contributed by atoms with E-state index < -0.39 is 11.4 Å². The lowest BCUT2D eigenvalue weighted by Gasteiger charge is -2.26. The Morgan fingerprint density at radius 2 is 2.00 bits per heavy atom. The number of hydrogen-bond acceptors (Lipinski definition) is 6. The van der Waals surface area contributed by atoms with Crippen LogP contribution in [0, 0.1) is 19.3 Å². The Labute approximate surface area is 127 Å². The van der Waals surface area contributed by atoms with Crippen LogP contribution in [0.2, 0.25) is 0 Å². The summed E-state index contributed by atoms with van der Waals surface area (Å²) in [6.45, 7) is 7.85. The van der Waals surface area contributed by atoms with Gasteiger partial charge in [0, 0.05) is 0 Å². The van der Waals surface area contributed by atoms with Crippen molar-refractivity contribution in [1.29, 1.82) is 0 Å². The summed E-state index contributed by atoms with van der Waals surface area (Å²) in [6, 6.07) is 0. The molecule has 2 aromatic heterocycles. The molecule has 8 heteroatoms. The fourth-order valence-electron chi connectivity index (χ4n) is 2.34. The summed E-state index contributed by atoms with van der Waals surface area (Å²) in [7, 11) is 0. The molecule has 0 bridgehead atoms. The third kappa shape index (κ3) is 2.80. The van der Waals surface area contributed by atoms with Crippen LogP contribution in [0.3, 0.4) is 0 Å². The summed E-state index contributed by atoms with van der Waals surface area (Å²) in [5.41, 5.74) is 0.0140. The minimum Gasteiger partial charge on any atom is -0.481 e. The van der Waals surface area contributed by atoms with Crippen LogP contribution in [0.4, 0.5) is 0 Å². The molecule has 0 aliphatic carbocycles. The van der Waals surface area contributed by atoms with Crippen LogP contribution in [-0.4, -0.2) is 36.3 Å². The average Bonchev–Trinajstić information content (AvgIpc) is 3.01. The summed E-state index contributed by atoms with van der Waals surface area (Å²) < 4.78 is 1.58. The van der Waals surface area contributed by atoms with Gasteiger partial charge in [-0.1, -0.05) is 13.8 Å². The third-order valence-electron chi connectivity index (χ3n) is 3.90. The van der Waals surface area contributed by atoms with Crippen molar-refractivity contribution in [3.05, 3.63) is 10.7 Å². The van der Waals surface area contributed by atoms with E-state index in [1.165, 1.54) is 11.3 Å². The number of aliphatic carboxylic acids is 1. The van der Waals surface area contributed by atoms with Gasteiger partial charge in [-0.25, -0.2) is 9.67 Å². The zero-order valence-electron chi connectivity index (χ0n) is 12.6. The summed E-state index contributed by atoms with van der Waals surface area (Å²) >= 11 is 1.51. The molecule has 0 aromatic carbocycles. The van der Waals surface area contributed by atoms with E-state index in [9.17, 15) is 9.90 Å². The van der Waals surface area contributed by atoms with Crippen molar-refractivity contribution in [2.45, 2.75) is 47.1 Å². The van der Waals surface area contributed by atoms with E-state index in [2.05, 4.69) is 20.5 Å². The molecule has 114 valence electrons. The number of carbonyl (C=O) groups is 1. The van der Waals surface area contributed by atoms with E-state index >= 15 is 0 Å². The van der Waals surface area contributed by atoms with Crippen LogP contribution in [-0.2, 0) is 11.3 Å².